The topological polar surface area (TPSA) is 63.6 Å². The van der Waals surface area contributed by atoms with Crippen LogP contribution in [0.4, 0.5) is 0 Å². The maximum atomic E-state index is 11.5. The molecular formula is C25H40O4S2. The maximum absolute atomic E-state index is 11.5. The van der Waals surface area contributed by atoms with Gasteiger partial charge in [-0.2, -0.15) is 8.42 Å². The summed E-state index contributed by atoms with van der Waals surface area (Å²) in [5.41, 5.74) is 2.60. The van der Waals surface area contributed by atoms with Crippen molar-refractivity contribution in [1.82, 2.24) is 0 Å². The van der Waals surface area contributed by atoms with Crippen LogP contribution < -0.4 is 4.18 Å². The molecule has 1 aromatic carbocycles. The highest BCUT2D eigenvalue weighted by Crippen LogP contribution is 2.42. The standard InChI is InChI=1S/C25H40O4S2/c1-9-25(10-2,20-14-15-21(19(4)17-20)29-31(8,27)28)23(30)16-18(3)12-11-13-22(26)24(5,6)7/h12,14-17,22,26,30H,9-11,13H2,1-8H3/b18-12+,23-16-. The van der Waals surface area contributed by atoms with Crippen LogP contribution in [-0.2, 0) is 15.5 Å². The number of aryl methyl sites for hydroxylation is 1. The zero-order chi connectivity index (χ0) is 24.0. The van der Waals surface area contributed by atoms with Crippen molar-refractivity contribution in [1.29, 1.82) is 0 Å². The molecule has 1 aromatic rings. The van der Waals surface area contributed by atoms with Crippen LogP contribution in [0.2, 0.25) is 0 Å². The molecule has 0 aliphatic carbocycles. The van der Waals surface area contributed by atoms with Crippen LogP contribution >= 0.6 is 12.6 Å². The first-order chi connectivity index (χ1) is 14.2. The Labute approximate surface area is 195 Å². The molecule has 176 valence electrons. The fraction of sp³-hybridized carbons (Fsp3) is 0.600. The Balaban J connectivity index is 3.18. The summed E-state index contributed by atoms with van der Waals surface area (Å²) in [6.07, 6.45) is 8.23. The maximum Gasteiger partial charge on any atom is 0.306 e. The number of benzene rings is 1. The van der Waals surface area contributed by atoms with E-state index in [4.69, 9.17) is 16.8 Å². The molecule has 4 nitrogen and oxygen atoms in total. The first-order valence-electron chi connectivity index (χ1n) is 10.9. The van der Waals surface area contributed by atoms with Gasteiger partial charge in [-0.25, -0.2) is 0 Å². The Kier molecular flexibility index (Phi) is 9.92. The number of aliphatic hydroxyl groups is 1. The highest BCUT2D eigenvalue weighted by atomic mass is 32.2. The lowest BCUT2D eigenvalue weighted by Gasteiger charge is -2.33. The second kappa shape index (κ2) is 11.1. The zero-order valence-electron chi connectivity index (χ0n) is 20.3. The zero-order valence-corrected chi connectivity index (χ0v) is 22.0. The molecule has 0 heterocycles. The summed E-state index contributed by atoms with van der Waals surface area (Å²) in [6.45, 7) is 14.3. The monoisotopic (exact) mass is 468 g/mol. The second-order valence-corrected chi connectivity index (χ2v) is 11.6. The van der Waals surface area contributed by atoms with E-state index in [1.54, 1.807) is 6.07 Å². The lowest BCUT2D eigenvalue weighted by Crippen LogP contribution is -2.25. The predicted octanol–water partition coefficient (Wildman–Crippen LogP) is 6.34. The minimum atomic E-state index is -3.57. The van der Waals surface area contributed by atoms with E-state index in [0.29, 0.717) is 5.75 Å². The summed E-state index contributed by atoms with van der Waals surface area (Å²) in [7, 11) is -3.57. The summed E-state index contributed by atoms with van der Waals surface area (Å²) >= 11 is 4.90. The van der Waals surface area contributed by atoms with Gasteiger partial charge in [0.15, 0.2) is 0 Å². The van der Waals surface area contributed by atoms with Gasteiger partial charge in [0.2, 0.25) is 0 Å². The number of hydrogen-bond donors (Lipinski definition) is 2. The van der Waals surface area contributed by atoms with Crippen LogP contribution in [0.5, 0.6) is 5.75 Å². The van der Waals surface area contributed by atoms with E-state index in [9.17, 15) is 13.5 Å². The largest absolute Gasteiger partial charge is 0.393 e. The lowest BCUT2D eigenvalue weighted by molar-refractivity contribution is 0.0565. The third-order valence-electron chi connectivity index (χ3n) is 5.94. The molecule has 0 bridgehead atoms. The molecule has 0 spiro atoms. The Morgan fingerprint density at radius 2 is 1.81 bits per heavy atom. The van der Waals surface area contributed by atoms with Gasteiger partial charge < -0.3 is 9.29 Å². The van der Waals surface area contributed by atoms with Gasteiger partial charge >= 0.3 is 10.1 Å². The molecule has 31 heavy (non-hydrogen) atoms. The number of hydrogen-bond acceptors (Lipinski definition) is 5. The summed E-state index contributed by atoms with van der Waals surface area (Å²) in [6, 6.07) is 5.66. The summed E-state index contributed by atoms with van der Waals surface area (Å²) < 4.78 is 28.1. The first-order valence-corrected chi connectivity index (χ1v) is 13.2. The molecule has 0 saturated carbocycles. The average molecular weight is 469 g/mol. The van der Waals surface area contributed by atoms with Crippen molar-refractivity contribution in [3.63, 3.8) is 0 Å². The van der Waals surface area contributed by atoms with E-state index in [1.165, 1.54) is 0 Å². The molecule has 0 saturated heterocycles. The number of rotatable bonds is 10. The third-order valence-corrected chi connectivity index (χ3v) is 6.98. The highest BCUT2D eigenvalue weighted by Gasteiger charge is 2.32. The van der Waals surface area contributed by atoms with E-state index >= 15 is 0 Å². The molecule has 6 heteroatoms. The van der Waals surface area contributed by atoms with Crippen molar-refractivity contribution < 1.29 is 17.7 Å². The van der Waals surface area contributed by atoms with Crippen molar-refractivity contribution in [3.05, 3.63) is 52.0 Å². The summed E-state index contributed by atoms with van der Waals surface area (Å²) in [5, 5.41) is 10.2. The van der Waals surface area contributed by atoms with Gasteiger partial charge in [-0.3, -0.25) is 0 Å². The average Bonchev–Trinajstić information content (AvgIpc) is 2.63. The minimum Gasteiger partial charge on any atom is -0.393 e. The van der Waals surface area contributed by atoms with Crippen LogP contribution in [0.1, 0.15) is 78.4 Å². The smallest absolute Gasteiger partial charge is 0.306 e. The molecule has 1 atom stereocenters. The van der Waals surface area contributed by atoms with E-state index in [-0.39, 0.29) is 16.9 Å². The summed E-state index contributed by atoms with van der Waals surface area (Å²) in [4.78, 5) is 0.971. The Morgan fingerprint density at radius 3 is 2.26 bits per heavy atom. The molecule has 0 aromatic heterocycles. The van der Waals surface area contributed by atoms with Crippen LogP contribution in [0.3, 0.4) is 0 Å². The fourth-order valence-electron chi connectivity index (χ4n) is 3.69. The van der Waals surface area contributed by atoms with Crippen LogP contribution in [-0.4, -0.2) is 25.9 Å². The fourth-order valence-corrected chi connectivity index (χ4v) is 4.85. The predicted molar refractivity (Wildman–Crippen MR) is 134 cm³/mol. The lowest BCUT2D eigenvalue weighted by atomic mass is 9.74. The Bertz CT molecular complexity index is 902. The molecule has 1 rings (SSSR count). The highest BCUT2D eigenvalue weighted by molar-refractivity contribution is 7.86. The van der Waals surface area contributed by atoms with Crippen LogP contribution in [0.15, 0.2) is 40.8 Å². The third kappa shape index (κ3) is 7.99. The molecule has 1 N–H and O–H groups in total. The number of thiol groups is 1. The van der Waals surface area contributed by atoms with Crippen LogP contribution in [0.25, 0.3) is 0 Å². The normalized spacial score (nSPS) is 15.2. The van der Waals surface area contributed by atoms with Crippen molar-refractivity contribution in [2.24, 2.45) is 5.41 Å². The van der Waals surface area contributed by atoms with Crippen molar-refractivity contribution in [3.8, 4) is 5.75 Å². The van der Waals surface area contributed by atoms with Gasteiger partial charge in [-0.05, 0) is 73.1 Å². The van der Waals surface area contributed by atoms with Gasteiger partial charge in [0.1, 0.15) is 5.75 Å². The van der Waals surface area contributed by atoms with E-state index in [0.717, 1.165) is 53.5 Å². The molecule has 1 unspecified atom stereocenters. The van der Waals surface area contributed by atoms with Gasteiger partial charge in [0.25, 0.3) is 0 Å². The molecular weight excluding hydrogens is 428 g/mol. The number of allylic oxidation sites excluding steroid dienone is 4. The number of aliphatic hydroxyl groups excluding tert-OH is 1. The SMILES string of the molecule is CCC(CC)(/C(S)=C/C(C)=C/CCC(O)C(C)(C)C)c1ccc(OS(C)(=O)=O)c(C)c1. The van der Waals surface area contributed by atoms with E-state index < -0.39 is 10.1 Å². The van der Waals surface area contributed by atoms with Gasteiger partial charge in [0.05, 0.1) is 12.4 Å². The summed E-state index contributed by atoms with van der Waals surface area (Å²) in [5.74, 6) is 0.352. The minimum absolute atomic E-state index is 0.114. The van der Waals surface area contributed by atoms with Crippen molar-refractivity contribution in [2.45, 2.75) is 85.7 Å². The quantitative estimate of drug-likeness (QED) is 0.239. The van der Waals surface area contributed by atoms with E-state index in [2.05, 4.69) is 32.9 Å². The van der Waals surface area contributed by atoms with Gasteiger partial charge in [0, 0.05) is 5.41 Å². The Hall–Kier alpha value is -1.24. The first kappa shape index (κ1) is 27.8. The van der Waals surface area contributed by atoms with Gasteiger partial charge in [-0.15, -0.1) is 12.6 Å². The Morgan fingerprint density at radius 1 is 1.23 bits per heavy atom. The van der Waals surface area contributed by atoms with Crippen LogP contribution in [0, 0.1) is 12.3 Å². The molecule has 0 fully saturated rings. The second-order valence-electron chi connectivity index (χ2n) is 9.49. The molecule has 0 aliphatic rings. The molecule has 0 radical (unpaired) electrons. The molecule has 0 amide bonds. The van der Waals surface area contributed by atoms with Crippen molar-refractivity contribution in [2.75, 3.05) is 6.26 Å². The van der Waals surface area contributed by atoms with Crippen molar-refractivity contribution >= 4 is 22.7 Å². The van der Waals surface area contributed by atoms with E-state index in [1.807, 2.05) is 39.8 Å². The molecule has 0 aliphatic heterocycles. The van der Waals surface area contributed by atoms with Gasteiger partial charge in [-0.1, -0.05) is 58.4 Å².